The van der Waals surface area contributed by atoms with Crippen LogP contribution in [0.1, 0.15) is 19.4 Å². The van der Waals surface area contributed by atoms with E-state index in [1.54, 1.807) is 7.11 Å². The Bertz CT molecular complexity index is 418. The molecular formula is C16H27N3O2. The molecule has 1 N–H and O–H groups in total. The monoisotopic (exact) mass is 293 g/mol. The molecule has 0 amide bonds. The van der Waals surface area contributed by atoms with Crippen LogP contribution in [0.4, 0.5) is 0 Å². The van der Waals surface area contributed by atoms with Crippen molar-refractivity contribution in [2.45, 2.75) is 20.4 Å². The fourth-order valence-corrected chi connectivity index (χ4v) is 1.91. The highest BCUT2D eigenvalue weighted by Crippen LogP contribution is 2.12. The molecule has 1 aromatic rings. The van der Waals surface area contributed by atoms with E-state index >= 15 is 0 Å². The Morgan fingerprint density at radius 1 is 1.24 bits per heavy atom. The molecule has 0 atom stereocenters. The molecule has 0 aliphatic rings. The molecule has 21 heavy (non-hydrogen) atoms. The number of aliphatic imine (C=N–C) groups is 1. The van der Waals surface area contributed by atoms with E-state index in [1.807, 2.05) is 26.1 Å². The highest BCUT2D eigenvalue weighted by atomic mass is 16.5. The van der Waals surface area contributed by atoms with Crippen LogP contribution in [0.5, 0.6) is 5.75 Å². The summed E-state index contributed by atoms with van der Waals surface area (Å²) in [6, 6.07) is 8.09. The highest BCUT2D eigenvalue weighted by Gasteiger charge is 2.06. The summed E-state index contributed by atoms with van der Waals surface area (Å²) in [4.78, 5) is 6.67. The fourth-order valence-electron chi connectivity index (χ4n) is 1.91. The Hall–Kier alpha value is -1.75. The number of nitrogens with zero attached hydrogens (tertiary/aromatic N) is 2. The summed E-state index contributed by atoms with van der Waals surface area (Å²) in [5, 5.41) is 3.30. The predicted molar refractivity (Wildman–Crippen MR) is 86.9 cm³/mol. The molecule has 0 fully saturated rings. The first kappa shape index (κ1) is 17.3. The second-order valence-corrected chi connectivity index (χ2v) is 4.64. The first-order valence-electron chi connectivity index (χ1n) is 7.41. The molecule has 0 aliphatic heterocycles. The molecule has 0 radical (unpaired) electrons. The average Bonchev–Trinajstić information content (AvgIpc) is 2.51. The molecule has 0 heterocycles. The molecule has 1 aromatic carbocycles. The standard InChI is InChI=1S/C16H27N3O2/c1-5-17-16(18-11-12-21-6-2)19(3)13-14-7-9-15(20-4)10-8-14/h7-10H,5-6,11-13H2,1-4H3,(H,17,18). The first-order valence-corrected chi connectivity index (χ1v) is 7.41. The quantitative estimate of drug-likeness (QED) is 0.453. The second kappa shape index (κ2) is 10.0. The van der Waals surface area contributed by atoms with Crippen LogP contribution in [0.3, 0.4) is 0 Å². The van der Waals surface area contributed by atoms with Crippen molar-refractivity contribution < 1.29 is 9.47 Å². The summed E-state index contributed by atoms with van der Waals surface area (Å²) in [5.41, 5.74) is 1.22. The summed E-state index contributed by atoms with van der Waals surface area (Å²) in [7, 11) is 3.71. The lowest BCUT2D eigenvalue weighted by atomic mass is 10.2. The molecule has 5 heteroatoms. The maximum absolute atomic E-state index is 5.32. The van der Waals surface area contributed by atoms with Crippen molar-refractivity contribution in [3.8, 4) is 5.75 Å². The number of methoxy groups -OCH3 is 1. The number of hydrogen-bond donors (Lipinski definition) is 1. The zero-order valence-corrected chi connectivity index (χ0v) is 13.6. The van der Waals surface area contributed by atoms with Crippen LogP contribution in [0.15, 0.2) is 29.3 Å². The van der Waals surface area contributed by atoms with Gasteiger partial charge in [-0.25, -0.2) is 0 Å². The maximum Gasteiger partial charge on any atom is 0.194 e. The Morgan fingerprint density at radius 2 is 1.95 bits per heavy atom. The van der Waals surface area contributed by atoms with Crippen LogP contribution in [-0.2, 0) is 11.3 Å². The van der Waals surface area contributed by atoms with E-state index in [9.17, 15) is 0 Å². The van der Waals surface area contributed by atoms with Crippen LogP contribution in [-0.4, -0.2) is 51.3 Å². The van der Waals surface area contributed by atoms with Gasteiger partial charge in [0.1, 0.15) is 5.75 Å². The van der Waals surface area contributed by atoms with Gasteiger partial charge in [-0.3, -0.25) is 4.99 Å². The van der Waals surface area contributed by atoms with Gasteiger partial charge in [-0.05, 0) is 31.5 Å². The van der Waals surface area contributed by atoms with Crippen molar-refractivity contribution in [2.24, 2.45) is 4.99 Å². The molecule has 0 aliphatic carbocycles. The van der Waals surface area contributed by atoms with Crippen molar-refractivity contribution in [1.29, 1.82) is 0 Å². The largest absolute Gasteiger partial charge is 0.497 e. The minimum absolute atomic E-state index is 0.655. The van der Waals surface area contributed by atoms with Crippen LogP contribution >= 0.6 is 0 Å². The van der Waals surface area contributed by atoms with E-state index in [0.29, 0.717) is 13.2 Å². The van der Waals surface area contributed by atoms with Crippen molar-refractivity contribution in [3.63, 3.8) is 0 Å². The Labute approximate surface area is 128 Å². The van der Waals surface area contributed by atoms with E-state index in [-0.39, 0.29) is 0 Å². The highest BCUT2D eigenvalue weighted by molar-refractivity contribution is 5.79. The van der Waals surface area contributed by atoms with Crippen LogP contribution in [0.25, 0.3) is 0 Å². The molecule has 0 saturated heterocycles. The number of rotatable bonds is 8. The Morgan fingerprint density at radius 3 is 2.52 bits per heavy atom. The normalized spacial score (nSPS) is 11.3. The molecule has 0 saturated carbocycles. The third-order valence-corrected chi connectivity index (χ3v) is 2.98. The topological polar surface area (TPSA) is 46.1 Å². The molecule has 1 rings (SSSR count). The number of ether oxygens (including phenoxy) is 2. The van der Waals surface area contributed by atoms with Gasteiger partial charge >= 0.3 is 0 Å². The second-order valence-electron chi connectivity index (χ2n) is 4.64. The lowest BCUT2D eigenvalue weighted by molar-refractivity contribution is 0.155. The van der Waals surface area contributed by atoms with Gasteiger partial charge in [-0.1, -0.05) is 12.1 Å². The van der Waals surface area contributed by atoms with E-state index < -0.39 is 0 Å². The van der Waals surface area contributed by atoms with E-state index in [0.717, 1.165) is 31.4 Å². The average molecular weight is 293 g/mol. The van der Waals surface area contributed by atoms with E-state index in [4.69, 9.17) is 9.47 Å². The van der Waals surface area contributed by atoms with Crippen molar-refractivity contribution in [1.82, 2.24) is 10.2 Å². The molecule has 0 aromatic heterocycles. The van der Waals surface area contributed by atoms with Gasteiger partial charge in [0.15, 0.2) is 5.96 Å². The molecule has 0 unspecified atom stereocenters. The fraction of sp³-hybridized carbons (Fsp3) is 0.562. The summed E-state index contributed by atoms with van der Waals surface area (Å²) in [6.45, 7) is 7.76. The minimum atomic E-state index is 0.655. The summed E-state index contributed by atoms with van der Waals surface area (Å²) >= 11 is 0. The van der Waals surface area contributed by atoms with Crippen molar-refractivity contribution in [2.75, 3.05) is 40.5 Å². The Balaban J connectivity index is 2.59. The summed E-state index contributed by atoms with van der Waals surface area (Å²) in [6.07, 6.45) is 0. The lowest BCUT2D eigenvalue weighted by Gasteiger charge is -2.22. The molecule has 0 spiro atoms. The third-order valence-electron chi connectivity index (χ3n) is 2.98. The summed E-state index contributed by atoms with van der Waals surface area (Å²) in [5.74, 6) is 1.77. The Kier molecular flexibility index (Phi) is 8.28. The van der Waals surface area contributed by atoms with Gasteiger partial charge in [0, 0.05) is 26.7 Å². The van der Waals surface area contributed by atoms with Crippen molar-refractivity contribution >= 4 is 5.96 Å². The zero-order chi connectivity index (χ0) is 15.5. The SMILES string of the molecule is CCNC(=NCCOCC)N(C)Cc1ccc(OC)cc1. The predicted octanol–water partition coefficient (Wildman–Crippen LogP) is 2.13. The minimum Gasteiger partial charge on any atom is -0.497 e. The summed E-state index contributed by atoms with van der Waals surface area (Å²) < 4.78 is 10.5. The number of guanidine groups is 1. The van der Waals surface area contributed by atoms with Crippen LogP contribution in [0, 0.1) is 0 Å². The van der Waals surface area contributed by atoms with Gasteiger partial charge in [0.05, 0.1) is 20.3 Å². The van der Waals surface area contributed by atoms with Gasteiger partial charge in [0.25, 0.3) is 0 Å². The molecule has 5 nitrogen and oxygen atoms in total. The van der Waals surface area contributed by atoms with Gasteiger partial charge in [-0.2, -0.15) is 0 Å². The van der Waals surface area contributed by atoms with Gasteiger partial charge in [0.2, 0.25) is 0 Å². The van der Waals surface area contributed by atoms with Gasteiger partial charge in [-0.15, -0.1) is 0 Å². The van der Waals surface area contributed by atoms with E-state index in [2.05, 4.69) is 34.3 Å². The molecular weight excluding hydrogens is 266 g/mol. The number of hydrogen-bond acceptors (Lipinski definition) is 3. The van der Waals surface area contributed by atoms with Crippen LogP contribution < -0.4 is 10.1 Å². The number of benzene rings is 1. The third kappa shape index (κ3) is 6.49. The maximum atomic E-state index is 5.32. The first-order chi connectivity index (χ1) is 10.2. The zero-order valence-electron chi connectivity index (χ0n) is 13.6. The smallest absolute Gasteiger partial charge is 0.194 e. The van der Waals surface area contributed by atoms with Gasteiger partial charge < -0.3 is 19.7 Å². The van der Waals surface area contributed by atoms with Crippen LogP contribution in [0.2, 0.25) is 0 Å². The van der Waals surface area contributed by atoms with E-state index in [1.165, 1.54) is 5.56 Å². The molecule has 0 bridgehead atoms. The lowest BCUT2D eigenvalue weighted by Crippen LogP contribution is -2.38. The molecule has 118 valence electrons. The van der Waals surface area contributed by atoms with Crippen molar-refractivity contribution in [3.05, 3.63) is 29.8 Å². The number of nitrogens with one attached hydrogen (secondary N) is 1.